The maximum Gasteiger partial charge on any atom is 0.254 e. The number of amides is 1. The van der Waals surface area contributed by atoms with Crippen molar-refractivity contribution in [3.8, 4) is 0 Å². The van der Waals surface area contributed by atoms with Gasteiger partial charge in [0.15, 0.2) is 0 Å². The first-order valence-electron chi connectivity index (χ1n) is 7.42. The van der Waals surface area contributed by atoms with Crippen LogP contribution >= 0.6 is 28.3 Å². The molecule has 0 unspecified atom stereocenters. The fourth-order valence-electron chi connectivity index (χ4n) is 2.39. The summed E-state index contributed by atoms with van der Waals surface area (Å²) in [7, 11) is 0. The first kappa shape index (κ1) is 19.7. The number of carbonyl (C=O) groups is 1. The molecule has 0 aromatic heterocycles. The Hall–Kier alpha value is -1.36. The lowest BCUT2D eigenvalue weighted by atomic mass is 10.1. The Morgan fingerprint density at radius 3 is 2.43 bits per heavy atom. The SMILES string of the molecule is Cc1c(Br)cccc1C(=O)N(CCN)CCc1ccccc1.Cl. The van der Waals surface area contributed by atoms with Crippen LogP contribution in [0.3, 0.4) is 0 Å². The lowest BCUT2D eigenvalue weighted by Crippen LogP contribution is -2.37. The average Bonchev–Trinajstić information content (AvgIpc) is 2.54. The standard InChI is InChI=1S/C18H21BrN2O.ClH/c1-14-16(8-5-9-17(14)19)18(22)21(13-11-20)12-10-15-6-3-2-4-7-15;/h2-9H,10-13,20H2,1H3;1H. The summed E-state index contributed by atoms with van der Waals surface area (Å²) in [5.74, 6) is 0.0418. The third-order valence-electron chi connectivity index (χ3n) is 3.70. The van der Waals surface area contributed by atoms with E-state index >= 15 is 0 Å². The molecule has 0 saturated carbocycles. The van der Waals surface area contributed by atoms with E-state index in [0.717, 1.165) is 22.0 Å². The van der Waals surface area contributed by atoms with Crippen LogP contribution in [-0.2, 0) is 6.42 Å². The smallest absolute Gasteiger partial charge is 0.254 e. The van der Waals surface area contributed by atoms with Gasteiger partial charge in [-0.1, -0.05) is 52.3 Å². The van der Waals surface area contributed by atoms with Crippen LogP contribution in [0.4, 0.5) is 0 Å². The third kappa shape index (κ3) is 5.34. The summed E-state index contributed by atoms with van der Waals surface area (Å²) >= 11 is 3.48. The maximum atomic E-state index is 12.8. The molecule has 0 bridgehead atoms. The predicted octanol–water partition coefficient (Wildman–Crippen LogP) is 3.82. The van der Waals surface area contributed by atoms with Gasteiger partial charge in [0.2, 0.25) is 0 Å². The normalized spacial score (nSPS) is 10.0. The van der Waals surface area contributed by atoms with E-state index in [1.165, 1.54) is 5.56 Å². The molecule has 0 aliphatic rings. The number of halogens is 2. The van der Waals surface area contributed by atoms with E-state index in [1.807, 2.05) is 48.2 Å². The van der Waals surface area contributed by atoms with Gasteiger partial charge in [-0.05, 0) is 36.6 Å². The summed E-state index contributed by atoms with van der Waals surface area (Å²) in [4.78, 5) is 14.6. The van der Waals surface area contributed by atoms with Gasteiger partial charge in [0.1, 0.15) is 0 Å². The van der Waals surface area contributed by atoms with E-state index in [0.29, 0.717) is 19.6 Å². The number of hydrogen-bond acceptors (Lipinski definition) is 2. The van der Waals surface area contributed by atoms with Crippen molar-refractivity contribution in [3.63, 3.8) is 0 Å². The van der Waals surface area contributed by atoms with Gasteiger partial charge in [-0.2, -0.15) is 0 Å². The second-order valence-electron chi connectivity index (χ2n) is 5.23. The molecule has 124 valence electrons. The van der Waals surface area contributed by atoms with E-state index in [1.54, 1.807) is 0 Å². The Bertz CT molecular complexity index is 634. The van der Waals surface area contributed by atoms with Gasteiger partial charge in [-0.25, -0.2) is 0 Å². The monoisotopic (exact) mass is 396 g/mol. The Balaban J connectivity index is 0.00000264. The second-order valence-corrected chi connectivity index (χ2v) is 6.08. The molecule has 0 heterocycles. The number of benzene rings is 2. The number of nitrogens with two attached hydrogens (primary N) is 1. The van der Waals surface area contributed by atoms with Crippen molar-refractivity contribution in [1.82, 2.24) is 4.90 Å². The molecular formula is C18H22BrClN2O. The lowest BCUT2D eigenvalue weighted by molar-refractivity contribution is 0.0761. The van der Waals surface area contributed by atoms with Gasteiger partial charge in [0.05, 0.1) is 0 Å². The Labute approximate surface area is 152 Å². The van der Waals surface area contributed by atoms with Gasteiger partial charge in [-0.15, -0.1) is 12.4 Å². The molecule has 1 amide bonds. The van der Waals surface area contributed by atoms with Crippen LogP contribution in [0.5, 0.6) is 0 Å². The minimum absolute atomic E-state index is 0. The van der Waals surface area contributed by atoms with E-state index in [4.69, 9.17) is 5.73 Å². The second kappa shape index (κ2) is 9.71. The van der Waals surface area contributed by atoms with Crippen molar-refractivity contribution in [2.24, 2.45) is 5.73 Å². The van der Waals surface area contributed by atoms with Crippen molar-refractivity contribution in [2.45, 2.75) is 13.3 Å². The van der Waals surface area contributed by atoms with Crippen LogP contribution in [0.25, 0.3) is 0 Å². The van der Waals surface area contributed by atoms with Crippen molar-refractivity contribution >= 4 is 34.2 Å². The zero-order valence-electron chi connectivity index (χ0n) is 13.2. The molecule has 0 aliphatic heterocycles. The summed E-state index contributed by atoms with van der Waals surface area (Å²) in [5, 5.41) is 0. The molecule has 23 heavy (non-hydrogen) atoms. The molecule has 2 aromatic rings. The van der Waals surface area contributed by atoms with Crippen LogP contribution in [-0.4, -0.2) is 30.4 Å². The van der Waals surface area contributed by atoms with Crippen LogP contribution < -0.4 is 5.73 Å². The summed E-state index contributed by atoms with van der Waals surface area (Å²) < 4.78 is 0.953. The minimum Gasteiger partial charge on any atom is -0.337 e. The van der Waals surface area contributed by atoms with Crippen molar-refractivity contribution < 1.29 is 4.79 Å². The molecular weight excluding hydrogens is 376 g/mol. The molecule has 2 N–H and O–H groups in total. The van der Waals surface area contributed by atoms with Gasteiger partial charge < -0.3 is 10.6 Å². The predicted molar refractivity (Wildman–Crippen MR) is 101 cm³/mol. The van der Waals surface area contributed by atoms with E-state index in [9.17, 15) is 4.79 Å². The number of rotatable bonds is 6. The molecule has 0 radical (unpaired) electrons. The molecule has 0 spiro atoms. The largest absolute Gasteiger partial charge is 0.337 e. The molecule has 0 aliphatic carbocycles. The summed E-state index contributed by atoms with van der Waals surface area (Å²) in [6, 6.07) is 15.9. The average molecular weight is 398 g/mol. The van der Waals surface area contributed by atoms with Crippen molar-refractivity contribution in [1.29, 1.82) is 0 Å². The zero-order chi connectivity index (χ0) is 15.9. The van der Waals surface area contributed by atoms with Gasteiger partial charge in [0.25, 0.3) is 5.91 Å². The highest BCUT2D eigenvalue weighted by molar-refractivity contribution is 9.10. The lowest BCUT2D eigenvalue weighted by Gasteiger charge is -2.23. The highest BCUT2D eigenvalue weighted by Crippen LogP contribution is 2.20. The summed E-state index contributed by atoms with van der Waals surface area (Å²) in [5.41, 5.74) is 8.60. The molecule has 0 saturated heterocycles. The highest BCUT2D eigenvalue weighted by Gasteiger charge is 2.17. The van der Waals surface area contributed by atoms with Crippen molar-refractivity contribution in [3.05, 3.63) is 69.7 Å². The minimum atomic E-state index is 0. The molecule has 0 fully saturated rings. The Morgan fingerprint density at radius 2 is 1.78 bits per heavy atom. The van der Waals surface area contributed by atoms with E-state index in [2.05, 4.69) is 28.1 Å². The highest BCUT2D eigenvalue weighted by atomic mass is 79.9. The first-order valence-corrected chi connectivity index (χ1v) is 8.21. The Kier molecular flexibility index (Phi) is 8.31. The van der Waals surface area contributed by atoms with E-state index in [-0.39, 0.29) is 18.3 Å². The number of hydrogen-bond donors (Lipinski definition) is 1. The maximum absolute atomic E-state index is 12.8. The third-order valence-corrected chi connectivity index (χ3v) is 4.56. The van der Waals surface area contributed by atoms with Crippen LogP contribution in [0.1, 0.15) is 21.5 Å². The number of nitrogens with zero attached hydrogens (tertiary/aromatic N) is 1. The van der Waals surface area contributed by atoms with Crippen LogP contribution in [0, 0.1) is 6.92 Å². The van der Waals surface area contributed by atoms with Gasteiger partial charge in [0, 0.05) is 29.7 Å². The fraction of sp³-hybridized carbons (Fsp3) is 0.278. The fourth-order valence-corrected chi connectivity index (χ4v) is 2.76. The zero-order valence-corrected chi connectivity index (χ0v) is 15.6. The molecule has 3 nitrogen and oxygen atoms in total. The molecule has 2 rings (SSSR count). The van der Waals surface area contributed by atoms with Crippen LogP contribution in [0.2, 0.25) is 0 Å². The molecule has 0 atom stereocenters. The topological polar surface area (TPSA) is 46.3 Å². The van der Waals surface area contributed by atoms with Crippen LogP contribution in [0.15, 0.2) is 53.0 Å². The van der Waals surface area contributed by atoms with Gasteiger partial charge in [-0.3, -0.25) is 4.79 Å². The molecule has 5 heteroatoms. The summed E-state index contributed by atoms with van der Waals surface area (Å²) in [6.45, 7) is 3.66. The van der Waals surface area contributed by atoms with Gasteiger partial charge >= 0.3 is 0 Å². The summed E-state index contributed by atoms with van der Waals surface area (Å²) in [6.07, 6.45) is 0.833. The van der Waals surface area contributed by atoms with E-state index < -0.39 is 0 Å². The van der Waals surface area contributed by atoms with Crippen molar-refractivity contribution in [2.75, 3.05) is 19.6 Å². The Morgan fingerprint density at radius 1 is 1.09 bits per heavy atom. The number of carbonyl (C=O) groups excluding carboxylic acids is 1. The molecule has 2 aromatic carbocycles. The first-order chi connectivity index (χ1) is 10.6. The quantitative estimate of drug-likeness (QED) is 0.805.